The highest BCUT2D eigenvalue weighted by Gasteiger charge is 2.10. The number of carbonyl (C=O) groups is 1. The normalized spacial score (nSPS) is 10.4. The fourth-order valence-corrected chi connectivity index (χ4v) is 1.29. The molecule has 0 aliphatic rings. The third kappa shape index (κ3) is 2.67. The summed E-state index contributed by atoms with van der Waals surface area (Å²) in [7, 11) is 0. The summed E-state index contributed by atoms with van der Waals surface area (Å²) in [5.41, 5.74) is 0.702. The van der Waals surface area contributed by atoms with E-state index in [0.717, 1.165) is 19.5 Å². The molecule has 0 unspecified atom stereocenters. The van der Waals surface area contributed by atoms with Crippen LogP contribution < -0.4 is 5.32 Å². The summed E-state index contributed by atoms with van der Waals surface area (Å²) in [6, 6.07) is 1.77. The van der Waals surface area contributed by atoms with Crippen molar-refractivity contribution < 1.29 is 4.79 Å². The largest absolute Gasteiger partial charge is 0.310 e. The van der Waals surface area contributed by atoms with Crippen LogP contribution in [-0.4, -0.2) is 28.7 Å². The van der Waals surface area contributed by atoms with Gasteiger partial charge in [-0.05, 0) is 19.0 Å². The molecule has 0 saturated heterocycles. The zero-order valence-electron chi connectivity index (χ0n) is 8.79. The van der Waals surface area contributed by atoms with Gasteiger partial charge >= 0.3 is 0 Å². The molecule has 0 aliphatic carbocycles. The topological polar surface area (TPSA) is 46.9 Å². The number of likely N-dealkylation sites (N-methyl/N-ethyl adjacent to an activating group) is 1. The van der Waals surface area contributed by atoms with Crippen LogP contribution in [0.2, 0.25) is 0 Å². The van der Waals surface area contributed by atoms with Crippen molar-refractivity contribution >= 4 is 5.78 Å². The maximum atomic E-state index is 11.6. The Morgan fingerprint density at radius 2 is 2.36 bits per heavy atom. The van der Waals surface area contributed by atoms with Gasteiger partial charge in [-0.3, -0.25) is 9.48 Å². The van der Waals surface area contributed by atoms with Crippen molar-refractivity contribution in [1.29, 1.82) is 0 Å². The number of carbonyl (C=O) groups excluding carboxylic acids is 1. The summed E-state index contributed by atoms with van der Waals surface area (Å²) in [4.78, 5) is 11.6. The Bertz CT molecular complexity index is 293. The molecular formula is C10H17N3O. The van der Waals surface area contributed by atoms with E-state index >= 15 is 0 Å². The van der Waals surface area contributed by atoms with Gasteiger partial charge in [-0.25, -0.2) is 0 Å². The van der Waals surface area contributed by atoms with Gasteiger partial charge in [0, 0.05) is 12.7 Å². The SMILES string of the molecule is CCCn1nccc1C(=O)CNCC. The summed E-state index contributed by atoms with van der Waals surface area (Å²) in [6.45, 7) is 6.07. The summed E-state index contributed by atoms with van der Waals surface area (Å²) in [6.07, 6.45) is 2.66. The number of nitrogens with one attached hydrogen (secondary N) is 1. The average Bonchev–Trinajstić information content (AvgIpc) is 2.63. The first-order valence-electron chi connectivity index (χ1n) is 5.05. The number of rotatable bonds is 6. The number of nitrogens with zero attached hydrogens (tertiary/aromatic N) is 2. The first kappa shape index (κ1) is 10.9. The number of Topliss-reactive ketones (excluding diaryl/α,β-unsaturated/α-hetero) is 1. The minimum atomic E-state index is 0.109. The minimum Gasteiger partial charge on any atom is -0.310 e. The van der Waals surface area contributed by atoms with Crippen molar-refractivity contribution in [3.05, 3.63) is 18.0 Å². The monoisotopic (exact) mass is 195 g/mol. The van der Waals surface area contributed by atoms with Gasteiger partial charge in [-0.2, -0.15) is 5.10 Å². The van der Waals surface area contributed by atoms with Crippen LogP contribution in [0.15, 0.2) is 12.3 Å². The van der Waals surface area contributed by atoms with Gasteiger partial charge in [-0.1, -0.05) is 13.8 Å². The van der Waals surface area contributed by atoms with Crippen molar-refractivity contribution in [1.82, 2.24) is 15.1 Å². The highest BCUT2D eigenvalue weighted by Crippen LogP contribution is 2.00. The molecule has 78 valence electrons. The van der Waals surface area contributed by atoms with Crippen LogP contribution >= 0.6 is 0 Å². The number of hydrogen-bond donors (Lipinski definition) is 1. The Balaban J connectivity index is 2.63. The molecule has 1 N–H and O–H groups in total. The van der Waals surface area contributed by atoms with Crippen molar-refractivity contribution in [3.63, 3.8) is 0 Å². The highest BCUT2D eigenvalue weighted by molar-refractivity contribution is 5.96. The number of hydrogen-bond acceptors (Lipinski definition) is 3. The summed E-state index contributed by atoms with van der Waals surface area (Å²) in [5.74, 6) is 0.109. The van der Waals surface area contributed by atoms with Gasteiger partial charge < -0.3 is 5.32 Å². The van der Waals surface area contributed by atoms with Crippen LogP contribution in [0, 0.1) is 0 Å². The highest BCUT2D eigenvalue weighted by atomic mass is 16.1. The van der Waals surface area contributed by atoms with Crippen molar-refractivity contribution in [3.8, 4) is 0 Å². The lowest BCUT2D eigenvalue weighted by molar-refractivity contribution is 0.0981. The van der Waals surface area contributed by atoms with E-state index in [0.29, 0.717) is 12.2 Å². The van der Waals surface area contributed by atoms with Gasteiger partial charge in [0.2, 0.25) is 0 Å². The standard InChI is InChI=1S/C10H17N3O/c1-3-7-13-9(5-6-12-13)10(14)8-11-4-2/h5-6,11H,3-4,7-8H2,1-2H3. The van der Waals surface area contributed by atoms with Crippen LogP contribution in [0.25, 0.3) is 0 Å². The lowest BCUT2D eigenvalue weighted by atomic mass is 10.3. The van der Waals surface area contributed by atoms with Crippen LogP contribution in [0.5, 0.6) is 0 Å². The van der Waals surface area contributed by atoms with E-state index in [1.165, 1.54) is 0 Å². The molecule has 1 heterocycles. The van der Waals surface area contributed by atoms with E-state index in [2.05, 4.69) is 17.3 Å². The van der Waals surface area contributed by atoms with Gasteiger partial charge in [0.05, 0.1) is 6.54 Å². The second-order valence-corrected chi connectivity index (χ2v) is 3.14. The quantitative estimate of drug-likeness (QED) is 0.691. The predicted octanol–water partition coefficient (Wildman–Crippen LogP) is 1.09. The molecule has 0 spiro atoms. The van der Waals surface area contributed by atoms with Crippen molar-refractivity contribution in [2.45, 2.75) is 26.8 Å². The molecule has 1 aromatic rings. The molecule has 0 radical (unpaired) electrons. The summed E-state index contributed by atoms with van der Waals surface area (Å²) in [5, 5.41) is 7.12. The smallest absolute Gasteiger partial charge is 0.194 e. The molecule has 1 aromatic heterocycles. The third-order valence-corrected chi connectivity index (χ3v) is 1.97. The first-order valence-corrected chi connectivity index (χ1v) is 5.05. The number of aryl methyl sites for hydroxylation is 1. The van der Waals surface area contributed by atoms with E-state index in [1.54, 1.807) is 16.9 Å². The van der Waals surface area contributed by atoms with Crippen LogP contribution in [0.4, 0.5) is 0 Å². The van der Waals surface area contributed by atoms with E-state index in [-0.39, 0.29) is 5.78 Å². The average molecular weight is 195 g/mol. The van der Waals surface area contributed by atoms with Gasteiger partial charge in [0.25, 0.3) is 0 Å². The minimum absolute atomic E-state index is 0.109. The fourth-order valence-electron chi connectivity index (χ4n) is 1.29. The Kier molecular flexibility index (Phi) is 4.32. The lowest BCUT2D eigenvalue weighted by Gasteiger charge is -2.05. The predicted molar refractivity (Wildman–Crippen MR) is 55.4 cm³/mol. The van der Waals surface area contributed by atoms with E-state index < -0.39 is 0 Å². The van der Waals surface area contributed by atoms with E-state index in [1.807, 2.05) is 6.92 Å². The molecule has 0 fully saturated rings. The summed E-state index contributed by atoms with van der Waals surface area (Å²) < 4.78 is 1.76. The Labute approximate surface area is 84.3 Å². The molecule has 0 bridgehead atoms. The van der Waals surface area contributed by atoms with Crippen LogP contribution in [0.1, 0.15) is 30.8 Å². The summed E-state index contributed by atoms with van der Waals surface area (Å²) >= 11 is 0. The molecule has 0 aromatic carbocycles. The van der Waals surface area contributed by atoms with Crippen LogP contribution in [0.3, 0.4) is 0 Å². The van der Waals surface area contributed by atoms with Crippen LogP contribution in [-0.2, 0) is 6.54 Å². The van der Waals surface area contributed by atoms with Gasteiger partial charge in [0.15, 0.2) is 5.78 Å². The molecular weight excluding hydrogens is 178 g/mol. The molecule has 0 aliphatic heterocycles. The lowest BCUT2D eigenvalue weighted by Crippen LogP contribution is -2.24. The fraction of sp³-hybridized carbons (Fsp3) is 0.600. The second-order valence-electron chi connectivity index (χ2n) is 3.14. The molecule has 0 atom stereocenters. The Morgan fingerprint density at radius 3 is 3.00 bits per heavy atom. The molecule has 4 nitrogen and oxygen atoms in total. The first-order chi connectivity index (χ1) is 6.79. The van der Waals surface area contributed by atoms with E-state index in [4.69, 9.17) is 0 Å². The molecule has 4 heteroatoms. The number of ketones is 1. The maximum absolute atomic E-state index is 11.6. The molecule has 0 amide bonds. The van der Waals surface area contributed by atoms with Crippen molar-refractivity contribution in [2.24, 2.45) is 0 Å². The van der Waals surface area contributed by atoms with Crippen molar-refractivity contribution in [2.75, 3.05) is 13.1 Å². The second kappa shape index (κ2) is 5.54. The van der Waals surface area contributed by atoms with Gasteiger partial charge in [0.1, 0.15) is 5.69 Å². The zero-order chi connectivity index (χ0) is 10.4. The molecule has 0 saturated carbocycles. The third-order valence-electron chi connectivity index (χ3n) is 1.97. The molecule has 14 heavy (non-hydrogen) atoms. The zero-order valence-corrected chi connectivity index (χ0v) is 8.79. The molecule has 1 rings (SSSR count). The Morgan fingerprint density at radius 1 is 1.57 bits per heavy atom. The number of aromatic nitrogens is 2. The van der Waals surface area contributed by atoms with E-state index in [9.17, 15) is 4.79 Å². The van der Waals surface area contributed by atoms with Gasteiger partial charge in [-0.15, -0.1) is 0 Å². The Hall–Kier alpha value is -1.16. The maximum Gasteiger partial charge on any atom is 0.194 e.